The molecule has 2 aromatic carbocycles. The van der Waals surface area contributed by atoms with Gasteiger partial charge in [0.1, 0.15) is 5.75 Å². The van der Waals surface area contributed by atoms with Crippen molar-refractivity contribution in [1.82, 2.24) is 4.31 Å². The number of hydrogen-bond donors (Lipinski definition) is 0. The number of unbranched alkanes of at least 4 members (excludes halogenated alkanes) is 1. The van der Waals surface area contributed by atoms with E-state index in [9.17, 15) is 8.42 Å². The predicted molar refractivity (Wildman–Crippen MR) is 114 cm³/mol. The molecule has 0 radical (unpaired) electrons. The molecule has 7 heteroatoms. The summed E-state index contributed by atoms with van der Waals surface area (Å²) in [5.41, 5.74) is 2.09. The van der Waals surface area contributed by atoms with Crippen LogP contribution in [0.5, 0.6) is 5.75 Å². The molecule has 152 valence electrons. The lowest BCUT2D eigenvalue weighted by Gasteiger charge is -2.36. The van der Waals surface area contributed by atoms with Crippen molar-refractivity contribution >= 4 is 27.3 Å². The monoisotopic (exact) mass is 422 g/mol. The van der Waals surface area contributed by atoms with Gasteiger partial charge in [0.05, 0.1) is 11.5 Å². The Kier molecular flexibility index (Phi) is 6.86. The van der Waals surface area contributed by atoms with Crippen molar-refractivity contribution in [2.75, 3.05) is 37.7 Å². The molecule has 0 aromatic heterocycles. The molecule has 0 amide bonds. The smallest absolute Gasteiger partial charge is 0.243 e. The molecule has 1 saturated heterocycles. The third kappa shape index (κ3) is 4.62. The topological polar surface area (TPSA) is 49.9 Å². The van der Waals surface area contributed by atoms with Crippen molar-refractivity contribution < 1.29 is 13.2 Å². The summed E-state index contributed by atoms with van der Waals surface area (Å²) < 4.78 is 33.1. The van der Waals surface area contributed by atoms with Crippen LogP contribution in [0, 0.1) is 6.92 Å². The summed E-state index contributed by atoms with van der Waals surface area (Å²) in [4.78, 5) is 2.50. The molecule has 1 heterocycles. The first-order chi connectivity index (χ1) is 13.4. The Morgan fingerprint density at radius 1 is 1.04 bits per heavy atom. The number of hydrogen-bond acceptors (Lipinski definition) is 4. The first-order valence-corrected chi connectivity index (χ1v) is 11.5. The van der Waals surface area contributed by atoms with Gasteiger partial charge in [0.2, 0.25) is 10.0 Å². The molecule has 0 spiro atoms. The average Bonchev–Trinajstić information content (AvgIpc) is 2.71. The van der Waals surface area contributed by atoms with Gasteiger partial charge in [-0.25, -0.2) is 8.42 Å². The highest BCUT2D eigenvalue weighted by Gasteiger charge is 2.29. The van der Waals surface area contributed by atoms with Crippen LogP contribution in [-0.2, 0) is 10.0 Å². The van der Waals surface area contributed by atoms with E-state index < -0.39 is 10.0 Å². The highest BCUT2D eigenvalue weighted by atomic mass is 35.5. The molecular weight excluding hydrogens is 396 g/mol. The highest BCUT2D eigenvalue weighted by Crippen LogP contribution is 2.28. The predicted octanol–water partition coefficient (Wildman–Crippen LogP) is 4.34. The van der Waals surface area contributed by atoms with Crippen molar-refractivity contribution in [2.45, 2.75) is 31.6 Å². The van der Waals surface area contributed by atoms with E-state index in [4.69, 9.17) is 16.3 Å². The van der Waals surface area contributed by atoms with E-state index in [2.05, 4.69) is 11.8 Å². The zero-order valence-electron chi connectivity index (χ0n) is 16.4. The summed E-state index contributed by atoms with van der Waals surface area (Å²) in [5, 5.41) is 0.730. The summed E-state index contributed by atoms with van der Waals surface area (Å²) in [6.45, 7) is 6.91. The second-order valence-corrected chi connectivity index (χ2v) is 9.29. The number of benzene rings is 2. The maximum absolute atomic E-state index is 13.0. The van der Waals surface area contributed by atoms with E-state index in [-0.39, 0.29) is 0 Å². The summed E-state index contributed by atoms with van der Waals surface area (Å²) in [6, 6.07) is 12.5. The minimum absolute atomic E-state index is 0.308. The van der Waals surface area contributed by atoms with E-state index >= 15 is 0 Å². The quantitative estimate of drug-likeness (QED) is 0.623. The minimum Gasteiger partial charge on any atom is -0.494 e. The van der Waals surface area contributed by atoms with Crippen molar-refractivity contribution in [3.05, 3.63) is 53.1 Å². The van der Waals surface area contributed by atoms with Crippen LogP contribution in [0.15, 0.2) is 47.4 Å². The van der Waals surface area contributed by atoms with Gasteiger partial charge in [-0.05, 0) is 55.3 Å². The maximum Gasteiger partial charge on any atom is 0.243 e. The molecule has 0 saturated carbocycles. The molecule has 3 rings (SSSR count). The van der Waals surface area contributed by atoms with Gasteiger partial charge in [-0.2, -0.15) is 4.31 Å². The van der Waals surface area contributed by atoms with Crippen LogP contribution in [0.3, 0.4) is 0 Å². The Balaban J connectivity index is 1.65. The van der Waals surface area contributed by atoms with E-state index in [0.717, 1.165) is 29.1 Å². The fourth-order valence-electron chi connectivity index (χ4n) is 3.30. The molecule has 1 fully saturated rings. The Bertz CT molecular complexity index is 892. The maximum atomic E-state index is 13.0. The molecular formula is C21H27ClN2O3S. The number of halogens is 1. The van der Waals surface area contributed by atoms with Gasteiger partial charge in [-0.15, -0.1) is 0 Å². The summed E-state index contributed by atoms with van der Waals surface area (Å²) in [7, 11) is -3.50. The number of rotatable bonds is 7. The van der Waals surface area contributed by atoms with E-state index in [1.807, 2.05) is 25.1 Å². The summed E-state index contributed by atoms with van der Waals surface area (Å²) in [6.07, 6.45) is 2.05. The molecule has 0 N–H and O–H groups in total. The molecule has 28 heavy (non-hydrogen) atoms. The van der Waals surface area contributed by atoms with Gasteiger partial charge in [0, 0.05) is 36.9 Å². The average molecular weight is 423 g/mol. The first kappa shape index (κ1) is 21.0. The lowest BCUT2D eigenvalue weighted by molar-refractivity contribution is 0.309. The zero-order valence-corrected chi connectivity index (χ0v) is 18.0. The van der Waals surface area contributed by atoms with Crippen LogP contribution >= 0.6 is 11.6 Å². The van der Waals surface area contributed by atoms with Gasteiger partial charge in [0.25, 0.3) is 0 Å². The summed E-state index contributed by atoms with van der Waals surface area (Å²) in [5.74, 6) is 0.702. The van der Waals surface area contributed by atoms with Crippen LogP contribution in [-0.4, -0.2) is 45.5 Å². The van der Waals surface area contributed by atoms with Crippen molar-refractivity contribution in [2.24, 2.45) is 0 Å². The van der Waals surface area contributed by atoms with Gasteiger partial charge < -0.3 is 9.64 Å². The Labute approximate surface area is 172 Å². The SMILES string of the molecule is CCCCOc1ccc(S(=O)(=O)N2CCN(c3cccc(Cl)c3C)CC2)cc1. The van der Waals surface area contributed by atoms with Crippen LogP contribution in [0.1, 0.15) is 25.3 Å². The number of ether oxygens (including phenoxy) is 1. The van der Waals surface area contributed by atoms with Crippen molar-refractivity contribution in [3.63, 3.8) is 0 Å². The fourth-order valence-corrected chi connectivity index (χ4v) is 4.89. The van der Waals surface area contributed by atoms with Gasteiger partial charge in [-0.3, -0.25) is 0 Å². The lowest BCUT2D eigenvalue weighted by Crippen LogP contribution is -2.48. The third-order valence-corrected chi connectivity index (χ3v) is 7.37. The molecule has 2 aromatic rings. The minimum atomic E-state index is -3.50. The Hall–Kier alpha value is -1.76. The Morgan fingerprint density at radius 3 is 2.36 bits per heavy atom. The molecule has 0 aliphatic carbocycles. The molecule has 0 atom stereocenters. The number of sulfonamides is 1. The summed E-state index contributed by atoms with van der Waals surface area (Å²) >= 11 is 6.22. The van der Waals surface area contributed by atoms with Gasteiger partial charge in [0.15, 0.2) is 0 Å². The standard InChI is InChI=1S/C21H27ClN2O3S/c1-3-4-16-27-18-8-10-19(11-9-18)28(25,26)24-14-12-23(13-15-24)21-7-5-6-20(22)17(21)2/h5-11H,3-4,12-16H2,1-2H3. The van der Waals surface area contributed by atoms with Gasteiger partial charge >= 0.3 is 0 Å². The number of piperazine rings is 1. The van der Waals surface area contributed by atoms with Crippen LogP contribution < -0.4 is 9.64 Å². The first-order valence-electron chi connectivity index (χ1n) is 9.66. The number of nitrogens with zero attached hydrogens (tertiary/aromatic N) is 2. The van der Waals surface area contributed by atoms with E-state index in [0.29, 0.717) is 43.4 Å². The zero-order chi connectivity index (χ0) is 20.1. The largest absolute Gasteiger partial charge is 0.494 e. The van der Waals surface area contributed by atoms with Gasteiger partial charge in [-0.1, -0.05) is 31.0 Å². The van der Waals surface area contributed by atoms with Crippen molar-refractivity contribution in [3.8, 4) is 5.75 Å². The second-order valence-electron chi connectivity index (χ2n) is 6.95. The Morgan fingerprint density at radius 2 is 1.71 bits per heavy atom. The number of anilines is 1. The second kappa shape index (κ2) is 9.16. The van der Waals surface area contributed by atoms with E-state index in [1.165, 1.54) is 0 Å². The normalized spacial score (nSPS) is 15.6. The molecule has 5 nitrogen and oxygen atoms in total. The fraction of sp³-hybridized carbons (Fsp3) is 0.429. The highest BCUT2D eigenvalue weighted by molar-refractivity contribution is 7.89. The molecule has 1 aliphatic rings. The van der Waals surface area contributed by atoms with Crippen LogP contribution in [0.4, 0.5) is 5.69 Å². The molecule has 0 bridgehead atoms. The molecule has 0 unspecified atom stereocenters. The van der Waals surface area contributed by atoms with Crippen LogP contribution in [0.2, 0.25) is 5.02 Å². The molecule has 1 aliphatic heterocycles. The van der Waals surface area contributed by atoms with Crippen molar-refractivity contribution in [1.29, 1.82) is 0 Å². The van der Waals surface area contributed by atoms with E-state index in [1.54, 1.807) is 28.6 Å². The lowest BCUT2D eigenvalue weighted by atomic mass is 10.1. The van der Waals surface area contributed by atoms with Crippen LogP contribution in [0.25, 0.3) is 0 Å². The third-order valence-electron chi connectivity index (χ3n) is 5.05.